The lowest BCUT2D eigenvalue weighted by molar-refractivity contribution is -0.142. The predicted molar refractivity (Wildman–Crippen MR) is 81.8 cm³/mol. The van der Waals surface area contributed by atoms with E-state index in [1.54, 1.807) is 0 Å². The van der Waals surface area contributed by atoms with Crippen molar-refractivity contribution in [1.29, 1.82) is 0 Å². The number of carbonyl (C=O) groups excluding carboxylic acids is 1. The van der Waals surface area contributed by atoms with Crippen molar-refractivity contribution in [2.45, 2.75) is 38.8 Å². The Hall–Kier alpha value is -1.39. The molecule has 0 aromatic heterocycles. The minimum Gasteiger partial charge on any atom is -0.379 e. The third kappa shape index (κ3) is 2.36. The van der Waals surface area contributed by atoms with Gasteiger partial charge < -0.3 is 15.4 Å². The summed E-state index contributed by atoms with van der Waals surface area (Å²) in [5.41, 5.74) is 8.06. The van der Waals surface area contributed by atoms with Gasteiger partial charge >= 0.3 is 0 Å². The molecule has 114 valence electrons. The zero-order valence-electron chi connectivity index (χ0n) is 12.8. The Kier molecular flexibility index (Phi) is 3.76. The second-order valence-corrected chi connectivity index (χ2v) is 6.55. The summed E-state index contributed by atoms with van der Waals surface area (Å²) in [4.78, 5) is 15.1. The van der Waals surface area contributed by atoms with Gasteiger partial charge in [-0.05, 0) is 37.8 Å². The fraction of sp³-hybridized carbons (Fsp3) is 0.588. The maximum Gasteiger partial charge on any atom is 0.233 e. The number of amides is 1. The van der Waals surface area contributed by atoms with Crippen LogP contribution < -0.4 is 5.73 Å². The van der Waals surface area contributed by atoms with Gasteiger partial charge in [0.15, 0.2) is 0 Å². The van der Waals surface area contributed by atoms with Crippen molar-refractivity contribution in [3.8, 4) is 0 Å². The summed E-state index contributed by atoms with van der Waals surface area (Å²) in [5.74, 6) is 0.151. The third-order valence-corrected chi connectivity index (χ3v) is 5.07. The van der Waals surface area contributed by atoms with Crippen LogP contribution in [0.3, 0.4) is 0 Å². The first kappa shape index (κ1) is 14.5. The Morgan fingerprint density at radius 1 is 1.43 bits per heavy atom. The number of carbonyl (C=O) groups is 1. The molecule has 3 atom stereocenters. The number of nitrogens with two attached hydrogens (primary N) is 1. The molecular weight excluding hydrogens is 264 g/mol. The number of aryl methyl sites for hydroxylation is 1. The van der Waals surface area contributed by atoms with E-state index in [4.69, 9.17) is 10.5 Å². The fourth-order valence-electron chi connectivity index (χ4n) is 3.53. The van der Waals surface area contributed by atoms with Gasteiger partial charge in [-0.1, -0.05) is 24.3 Å². The van der Waals surface area contributed by atoms with Gasteiger partial charge in [-0.3, -0.25) is 4.79 Å². The third-order valence-electron chi connectivity index (χ3n) is 5.07. The lowest BCUT2D eigenvalue weighted by Crippen LogP contribution is -2.51. The van der Waals surface area contributed by atoms with Gasteiger partial charge in [-0.25, -0.2) is 0 Å². The van der Waals surface area contributed by atoms with Crippen molar-refractivity contribution in [1.82, 2.24) is 4.90 Å². The van der Waals surface area contributed by atoms with E-state index >= 15 is 0 Å². The number of likely N-dealkylation sites (tertiary alicyclic amines) is 1. The Bertz CT molecular complexity index is 545. The number of benzene rings is 1. The normalized spacial score (nSPS) is 32.6. The molecule has 1 amide bonds. The van der Waals surface area contributed by atoms with E-state index < -0.39 is 5.41 Å². The minimum absolute atomic E-state index is 0.151. The molecule has 2 fully saturated rings. The van der Waals surface area contributed by atoms with Gasteiger partial charge in [0.2, 0.25) is 5.91 Å². The summed E-state index contributed by atoms with van der Waals surface area (Å²) < 4.78 is 5.45. The Balaban J connectivity index is 1.88. The molecule has 4 heteroatoms. The monoisotopic (exact) mass is 288 g/mol. The first-order valence-corrected chi connectivity index (χ1v) is 7.74. The van der Waals surface area contributed by atoms with Gasteiger partial charge in [0.1, 0.15) is 0 Å². The van der Waals surface area contributed by atoms with Crippen LogP contribution in [-0.2, 0) is 9.53 Å². The highest BCUT2D eigenvalue weighted by molar-refractivity contribution is 5.84. The van der Waals surface area contributed by atoms with Crippen LogP contribution in [0.5, 0.6) is 0 Å². The molecular formula is C17H24N2O2. The molecule has 4 nitrogen and oxygen atoms in total. The SMILES string of the molecule is Cc1ccccc1C1CCCN1C(=O)C1(C)COCC1N. The summed E-state index contributed by atoms with van der Waals surface area (Å²) in [6, 6.07) is 8.32. The predicted octanol–water partition coefficient (Wildman–Crippen LogP) is 2.02. The summed E-state index contributed by atoms with van der Waals surface area (Å²) in [7, 11) is 0. The maximum atomic E-state index is 13.0. The van der Waals surface area contributed by atoms with Crippen LogP contribution in [0.4, 0.5) is 0 Å². The molecule has 0 radical (unpaired) electrons. The standard InChI is InChI=1S/C17H24N2O2/c1-12-6-3-4-7-13(12)14-8-5-9-19(14)16(20)17(2)11-21-10-15(17)18/h3-4,6-7,14-15H,5,8-11,18H2,1-2H3. The second kappa shape index (κ2) is 5.43. The molecule has 2 N–H and O–H groups in total. The minimum atomic E-state index is -0.578. The molecule has 2 saturated heterocycles. The van der Waals surface area contributed by atoms with Gasteiger partial charge in [0.05, 0.1) is 24.7 Å². The number of hydrogen-bond acceptors (Lipinski definition) is 3. The zero-order valence-corrected chi connectivity index (χ0v) is 12.8. The van der Waals surface area contributed by atoms with E-state index in [-0.39, 0.29) is 18.0 Å². The van der Waals surface area contributed by atoms with Crippen molar-refractivity contribution in [3.63, 3.8) is 0 Å². The van der Waals surface area contributed by atoms with Crippen LogP contribution in [0.1, 0.15) is 36.9 Å². The van der Waals surface area contributed by atoms with Crippen molar-refractivity contribution in [2.24, 2.45) is 11.1 Å². The first-order valence-electron chi connectivity index (χ1n) is 7.74. The Labute approximate surface area is 126 Å². The van der Waals surface area contributed by atoms with Crippen LogP contribution in [-0.4, -0.2) is 36.6 Å². The quantitative estimate of drug-likeness (QED) is 0.906. The van der Waals surface area contributed by atoms with Gasteiger partial charge in [0.25, 0.3) is 0 Å². The molecule has 3 unspecified atom stereocenters. The molecule has 2 aliphatic heterocycles. The summed E-state index contributed by atoms with van der Waals surface area (Å²) >= 11 is 0. The topological polar surface area (TPSA) is 55.6 Å². The molecule has 1 aromatic carbocycles. The van der Waals surface area contributed by atoms with E-state index in [0.717, 1.165) is 19.4 Å². The molecule has 1 aromatic rings. The lowest BCUT2D eigenvalue weighted by Gasteiger charge is -2.35. The van der Waals surface area contributed by atoms with Gasteiger partial charge in [0, 0.05) is 12.6 Å². The van der Waals surface area contributed by atoms with Crippen LogP contribution in [0.15, 0.2) is 24.3 Å². The molecule has 3 rings (SSSR count). The molecule has 21 heavy (non-hydrogen) atoms. The summed E-state index contributed by atoms with van der Waals surface area (Å²) in [6.45, 7) is 5.79. The fourth-order valence-corrected chi connectivity index (χ4v) is 3.53. The number of rotatable bonds is 2. The zero-order chi connectivity index (χ0) is 15.0. The highest BCUT2D eigenvalue weighted by atomic mass is 16.5. The van der Waals surface area contributed by atoms with Crippen molar-refractivity contribution >= 4 is 5.91 Å². The lowest BCUT2D eigenvalue weighted by atomic mass is 9.83. The highest BCUT2D eigenvalue weighted by Gasteiger charge is 2.48. The largest absolute Gasteiger partial charge is 0.379 e. The van der Waals surface area contributed by atoms with Crippen molar-refractivity contribution < 1.29 is 9.53 Å². The van der Waals surface area contributed by atoms with E-state index in [9.17, 15) is 4.79 Å². The Morgan fingerprint density at radius 2 is 2.19 bits per heavy atom. The smallest absolute Gasteiger partial charge is 0.233 e. The van der Waals surface area contributed by atoms with Crippen LogP contribution in [0, 0.1) is 12.3 Å². The molecule has 2 aliphatic rings. The molecule has 0 aliphatic carbocycles. The summed E-state index contributed by atoms with van der Waals surface area (Å²) in [5, 5.41) is 0. The van der Waals surface area contributed by atoms with Crippen LogP contribution >= 0.6 is 0 Å². The van der Waals surface area contributed by atoms with E-state index in [2.05, 4.69) is 25.1 Å². The van der Waals surface area contributed by atoms with E-state index in [0.29, 0.717) is 13.2 Å². The molecule has 2 heterocycles. The average molecular weight is 288 g/mol. The number of hydrogen-bond donors (Lipinski definition) is 1. The van der Waals surface area contributed by atoms with Gasteiger partial charge in [-0.2, -0.15) is 0 Å². The van der Waals surface area contributed by atoms with Crippen molar-refractivity contribution in [2.75, 3.05) is 19.8 Å². The molecule has 0 saturated carbocycles. The Morgan fingerprint density at radius 3 is 2.86 bits per heavy atom. The first-order chi connectivity index (χ1) is 10.0. The maximum absolute atomic E-state index is 13.0. The highest BCUT2D eigenvalue weighted by Crippen LogP contribution is 2.39. The molecule has 0 spiro atoms. The average Bonchev–Trinajstić information content (AvgIpc) is 3.07. The van der Waals surface area contributed by atoms with E-state index in [1.807, 2.05) is 17.9 Å². The summed E-state index contributed by atoms with van der Waals surface area (Å²) in [6.07, 6.45) is 2.08. The van der Waals surface area contributed by atoms with Crippen LogP contribution in [0.2, 0.25) is 0 Å². The molecule has 0 bridgehead atoms. The van der Waals surface area contributed by atoms with E-state index in [1.165, 1.54) is 11.1 Å². The van der Waals surface area contributed by atoms with Crippen LogP contribution in [0.25, 0.3) is 0 Å². The number of ether oxygens (including phenoxy) is 1. The van der Waals surface area contributed by atoms with Gasteiger partial charge in [-0.15, -0.1) is 0 Å². The van der Waals surface area contributed by atoms with Crippen molar-refractivity contribution in [3.05, 3.63) is 35.4 Å². The second-order valence-electron chi connectivity index (χ2n) is 6.55. The number of nitrogens with zero attached hydrogens (tertiary/aromatic N) is 1.